The van der Waals surface area contributed by atoms with Crippen LogP contribution < -0.4 is 0 Å². The second-order valence-corrected chi connectivity index (χ2v) is 4.16. The molecular weight excluding hydrogens is 172 g/mol. The molecule has 0 bridgehead atoms. The zero-order valence-electron chi connectivity index (χ0n) is 9.66. The summed E-state index contributed by atoms with van der Waals surface area (Å²) in [6, 6.07) is 0.540. The molecule has 1 aromatic rings. The van der Waals surface area contributed by atoms with E-state index in [4.69, 9.17) is 0 Å². The molecule has 0 saturated carbocycles. The highest BCUT2D eigenvalue weighted by Crippen LogP contribution is 2.11. The second-order valence-electron chi connectivity index (χ2n) is 4.16. The number of hydrogen-bond donors (Lipinski definition) is 0. The van der Waals surface area contributed by atoms with Gasteiger partial charge in [-0.3, -0.25) is 0 Å². The SMILES string of the molecule is CCCCCCc1nccn1C(C)C. The maximum Gasteiger partial charge on any atom is 0.108 e. The van der Waals surface area contributed by atoms with Gasteiger partial charge in [0.1, 0.15) is 5.82 Å². The topological polar surface area (TPSA) is 17.8 Å². The smallest absolute Gasteiger partial charge is 0.108 e. The number of unbranched alkanes of at least 4 members (excludes halogenated alkanes) is 3. The van der Waals surface area contributed by atoms with E-state index in [9.17, 15) is 0 Å². The number of nitrogens with zero attached hydrogens (tertiary/aromatic N) is 2. The second kappa shape index (κ2) is 5.84. The van der Waals surface area contributed by atoms with E-state index in [0.717, 1.165) is 6.42 Å². The van der Waals surface area contributed by atoms with Crippen LogP contribution in [0.3, 0.4) is 0 Å². The molecular formula is C12H22N2. The first kappa shape index (κ1) is 11.3. The predicted octanol–water partition coefficient (Wildman–Crippen LogP) is 3.59. The van der Waals surface area contributed by atoms with Crippen LogP contribution in [-0.4, -0.2) is 9.55 Å². The molecule has 1 aromatic heterocycles. The molecule has 0 saturated heterocycles. The molecule has 1 rings (SSSR count). The van der Waals surface area contributed by atoms with Crippen molar-refractivity contribution in [1.82, 2.24) is 9.55 Å². The minimum absolute atomic E-state index is 0.540. The van der Waals surface area contributed by atoms with Crippen molar-refractivity contribution in [3.63, 3.8) is 0 Å². The molecule has 80 valence electrons. The van der Waals surface area contributed by atoms with Gasteiger partial charge in [0, 0.05) is 24.9 Å². The predicted molar refractivity (Wildman–Crippen MR) is 60.5 cm³/mol. The van der Waals surface area contributed by atoms with Crippen LogP contribution in [-0.2, 0) is 6.42 Å². The lowest BCUT2D eigenvalue weighted by Crippen LogP contribution is -2.05. The minimum atomic E-state index is 0.540. The first-order valence-corrected chi connectivity index (χ1v) is 5.77. The third-order valence-corrected chi connectivity index (χ3v) is 2.56. The molecule has 14 heavy (non-hydrogen) atoms. The van der Waals surface area contributed by atoms with Crippen molar-refractivity contribution in [3.8, 4) is 0 Å². The summed E-state index contributed by atoms with van der Waals surface area (Å²) in [4.78, 5) is 4.40. The van der Waals surface area contributed by atoms with Gasteiger partial charge in [0.15, 0.2) is 0 Å². The Bertz CT molecular complexity index is 251. The Balaban J connectivity index is 2.38. The number of aromatic nitrogens is 2. The summed E-state index contributed by atoms with van der Waals surface area (Å²) in [5.74, 6) is 1.25. The summed E-state index contributed by atoms with van der Waals surface area (Å²) < 4.78 is 2.27. The van der Waals surface area contributed by atoms with Gasteiger partial charge in [-0.25, -0.2) is 4.98 Å². The molecule has 0 fully saturated rings. The molecule has 1 heterocycles. The average molecular weight is 194 g/mol. The Kier molecular flexibility index (Phi) is 4.71. The first-order chi connectivity index (χ1) is 6.75. The van der Waals surface area contributed by atoms with Crippen molar-refractivity contribution in [1.29, 1.82) is 0 Å². The summed E-state index contributed by atoms with van der Waals surface area (Å²) in [7, 11) is 0. The van der Waals surface area contributed by atoms with Gasteiger partial charge in [-0.15, -0.1) is 0 Å². The lowest BCUT2D eigenvalue weighted by molar-refractivity contribution is 0.551. The molecule has 0 aliphatic heterocycles. The third kappa shape index (κ3) is 3.17. The van der Waals surface area contributed by atoms with Crippen LogP contribution in [0.4, 0.5) is 0 Å². The maximum absolute atomic E-state index is 4.40. The fourth-order valence-corrected chi connectivity index (χ4v) is 1.72. The fraction of sp³-hybridized carbons (Fsp3) is 0.750. The van der Waals surface area contributed by atoms with E-state index in [1.807, 2.05) is 6.20 Å². The highest BCUT2D eigenvalue weighted by Gasteiger charge is 2.04. The van der Waals surface area contributed by atoms with E-state index in [-0.39, 0.29) is 0 Å². The van der Waals surface area contributed by atoms with E-state index in [2.05, 4.69) is 36.5 Å². The van der Waals surface area contributed by atoms with Crippen molar-refractivity contribution in [2.24, 2.45) is 0 Å². The largest absolute Gasteiger partial charge is 0.332 e. The molecule has 0 aromatic carbocycles. The van der Waals surface area contributed by atoms with E-state index >= 15 is 0 Å². The van der Waals surface area contributed by atoms with Gasteiger partial charge < -0.3 is 4.57 Å². The summed E-state index contributed by atoms with van der Waals surface area (Å²) in [5.41, 5.74) is 0. The molecule has 0 aliphatic carbocycles. The third-order valence-electron chi connectivity index (χ3n) is 2.56. The van der Waals surface area contributed by atoms with Gasteiger partial charge in [0.2, 0.25) is 0 Å². The van der Waals surface area contributed by atoms with Gasteiger partial charge in [-0.1, -0.05) is 26.2 Å². The summed E-state index contributed by atoms with van der Waals surface area (Å²) in [5, 5.41) is 0. The molecule has 0 radical (unpaired) electrons. The van der Waals surface area contributed by atoms with Gasteiger partial charge in [-0.05, 0) is 20.3 Å². The van der Waals surface area contributed by atoms with Crippen LogP contribution in [0, 0.1) is 0 Å². The summed E-state index contributed by atoms with van der Waals surface area (Å²) >= 11 is 0. The lowest BCUT2D eigenvalue weighted by atomic mass is 10.1. The molecule has 0 N–H and O–H groups in total. The Morgan fingerprint density at radius 1 is 1.29 bits per heavy atom. The van der Waals surface area contributed by atoms with E-state index in [1.165, 1.54) is 31.5 Å². The highest BCUT2D eigenvalue weighted by molar-refractivity contribution is 4.94. The van der Waals surface area contributed by atoms with Gasteiger partial charge in [0.05, 0.1) is 0 Å². The quantitative estimate of drug-likeness (QED) is 0.633. The van der Waals surface area contributed by atoms with Crippen molar-refractivity contribution in [2.75, 3.05) is 0 Å². The number of hydrogen-bond acceptors (Lipinski definition) is 1. The van der Waals surface area contributed by atoms with Gasteiger partial charge in [0.25, 0.3) is 0 Å². The van der Waals surface area contributed by atoms with Crippen molar-refractivity contribution < 1.29 is 0 Å². The summed E-state index contributed by atoms with van der Waals surface area (Å²) in [6.07, 6.45) is 10.4. The Labute approximate surface area is 87.4 Å². The standard InChI is InChI=1S/C12H22N2/c1-4-5-6-7-8-12-13-9-10-14(12)11(2)3/h9-11H,4-8H2,1-3H3. The molecule has 2 heteroatoms. The summed E-state index contributed by atoms with van der Waals surface area (Å²) in [6.45, 7) is 6.66. The number of imidazole rings is 1. The molecule has 0 atom stereocenters. The molecule has 0 unspecified atom stereocenters. The molecule has 0 amide bonds. The normalized spacial score (nSPS) is 11.1. The molecule has 0 aliphatic rings. The van der Waals surface area contributed by atoms with Crippen LogP contribution in [0.25, 0.3) is 0 Å². The zero-order chi connectivity index (χ0) is 10.4. The Hall–Kier alpha value is -0.790. The molecule has 0 spiro atoms. The van der Waals surface area contributed by atoms with Crippen LogP contribution in [0.5, 0.6) is 0 Å². The fourth-order valence-electron chi connectivity index (χ4n) is 1.72. The first-order valence-electron chi connectivity index (χ1n) is 5.77. The van der Waals surface area contributed by atoms with Crippen molar-refractivity contribution >= 4 is 0 Å². The average Bonchev–Trinajstić information content (AvgIpc) is 2.60. The Morgan fingerprint density at radius 3 is 2.71 bits per heavy atom. The monoisotopic (exact) mass is 194 g/mol. The van der Waals surface area contributed by atoms with E-state index < -0.39 is 0 Å². The number of aryl methyl sites for hydroxylation is 1. The maximum atomic E-state index is 4.40. The van der Waals surface area contributed by atoms with Crippen LogP contribution in [0.2, 0.25) is 0 Å². The zero-order valence-corrected chi connectivity index (χ0v) is 9.66. The van der Waals surface area contributed by atoms with Crippen molar-refractivity contribution in [2.45, 2.75) is 58.9 Å². The van der Waals surface area contributed by atoms with E-state index in [0.29, 0.717) is 6.04 Å². The van der Waals surface area contributed by atoms with Crippen LogP contribution >= 0.6 is 0 Å². The van der Waals surface area contributed by atoms with Crippen LogP contribution in [0.15, 0.2) is 12.4 Å². The van der Waals surface area contributed by atoms with E-state index in [1.54, 1.807) is 0 Å². The van der Waals surface area contributed by atoms with Crippen LogP contribution in [0.1, 0.15) is 58.3 Å². The minimum Gasteiger partial charge on any atom is -0.332 e. The van der Waals surface area contributed by atoms with Gasteiger partial charge >= 0.3 is 0 Å². The van der Waals surface area contributed by atoms with Gasteiger partial charge in [-0.2, -0.15) is 0 Å². The Morgan fingerprint density at radius 2 is 2.07 bits per heavy atom. The van der Waals surface area contributed by atoms with Crippen molar-refractivity contribution in [3.05, 3.63) is 18.2 Å². The lowest BCUT2D eigenvalue weighted by Gasteiger charge is -2.10. The number of rotatable bonds is 6. The molecule has 2 nitrogen and oxygen atoms in total. The highest BCUT2D eigenvalue weighted by atomic mass is 15.1.